The summed E-state index contributed by atoms with van der Waals surface area (Å²) in [6.45, 7) is 0. The monoisotopic (exact) mass is 225 g/mol. The Kier molecular flexibility index (Phi) is 3.68. The standard InChI is InChI=1S/C10H15N3O3/c1-13(2)7-4-6(9(11)10(14)15)5-8(12-7)16-3/h4-5,9H,11H2,1-3H3,(H,14,15). The first-order valence-corrected chi connectivity index (χ1v) is 4.67. The summed E-state index contributed by atoms with van der Waals surface area (Å²) in [5, 5.41) is 8.83. The van der Waals surface area contributed by atoms with E-state index in [-0.39, 0.29) is 0 Å². The summed E-state index contributed by atoms with van der Waals surface area (Å²) in [7, 11) is 5.08. The Balaban J connectivity index is 3.18. The molecule has 3 N–H and O–H groups in total. The van der Waals surface area contributed by atoms with Gasteiger partial charge in [-0.25, -0.2) is 0 Å². The first kappa shape index (κ1) is 12.3. The SMILES string of the molecule is COc1cc(C(N)C(=O)O)cc(N(C)C)n1. The summed E-state index contributed by atoms with van der Waals surface area (Å²) in [5.74, 6) is -0.137. The molecule has 1 unspecified atom stereocenters. The molecule has 0 bridgehead atoms. The molecule has 0 fully saturated rings. The minimum atomic E-state index is -1.09. The zero-order valence-electron chi connectivity index (χ0n) is 9.47. The van der Waals surface area contributed by atoms with E-state index in [0.717, 1.165) is 0 Å². The Morgan fingerprint density at radius 1 is 1.56 bits per heavy atom. The molecule has 0 aliphatic rings. The average molecular weight is 225 g/mol. The zero-order valence-corrected chi connectivity index (χ0v) is 9.47. The molecule has 1 atom stereocenters. The highest BCUT2D eigenvalue weighted by atomic mass is 16.5. The van der Waals surface area contributed by atoms with E-state index in [9.17, 15) is 4.79 Å². The number of carboxylic acid groups (broad SMARTS) is 1. The summed E-state index contributed by atoms with van der Waals surface area (Å²) in [4.78, 5) is 16.7. The van der Waals surface area contributed by atoms with Crippen molar-refractivity contribution in [2.45, 2.75) is 6.04 Å². The van der Waals surface area contributed by atoms with Gasteiger partial charge in [0.05, 0.1) is 7.11 Å². The van der Waals surface area contributed by atoms with E-state index < -0.39 is 12.0 Å². The fourth-order valence-electron chi connectivity index (χ4n) is 1.17. The fourth-order valence-corrected chi connectivity index (χ4v) is 1.17. The number of nitrogens with two attached hydrogens (primary N) is 1. The van der Waals surface area contributed by atoms with Crippen molar-refractivity contribution in [3.05, 3.63) is 17.7 Å². The third-order valence-corrected chi connectivity index (χ3v) is 2.10. The fraction of sp³-hybridized carbons (Fsp3) is 0.400. The van der Waals surface area contributed by atoms with Crippen LogP contribution >= 0.6 is 0 Å². The molecule has 0 amide bonds. The Morgan fingerprint density at radius 2 is 2.19 bits per heavy atom. The van der Waals surface area contributed by atoms with Crippen molar-refractivity contribution in [2.75, 3.05) is 26.1 Å². The van der Waals surface area contributed by atoms with Crippen LogP contribution in [-0.4, -0.2) is 37.3 Å². The van der Waals surface area contributed by atoms with E-state index in [2.05, 4.69) is 4.98 Å². The van der Waals surface area contributed by atoms with Gasteiger partial charge in [0.15, 0.2) is 0 Å². The number of anilines is 1. The minimum Gasteiger partial charge on any atom is -0.481 e. The molecular weight excluding hydrogens is 210 g/mol. The topological polar surface area (TPSA) is 88.7 Å². The van der Waals surface area contributed by atoms with Crippen LogP contribution in [0, 0.1) is 0 Å². The number of hydrogen-bond donors (Lipinski definition) is 2. The number of pyridine rings is 1. The Morgan fingerprint density at radius 3 is 2.62 bits per heavy atom. The predicted octanol–water partition coefficient (Wildman–Crippen LogP) is 0.241. The average Bonchev–Trinajstić information content (AvgIpc) is 2.27. The summed E-state index contributed by atoms with van der Waals surface area (Å²) < 4.78 is 4.99. The van der Waals surface area contributed by atoms with Crippen molar-refractivity contribution in [1.82, 2.24) is 4.98 Å². The van der Waals surface area contributed by atoms with Gasteiger partial charge in [-0.1, -0.05) is 0 Å². The quantitative estimate of drug-likeness (QED) is 0.763. The molecule has 0 spiro atoms. The van der Waals surface area contributed by atoms with Gasteiger partial charge in [0.25, 0.3) is 0 Å². The molecule has 0 aromatic carbocycles. The predicted molar refractivity (Wildman–Crippen MR) is 59.7 cm³/mol. The smallest absolute Gasteiger partial charge is 0.325 e. The number of nitrogens with zero attached hydrogens (tertiary/aromatic N) is 2. The third kappa shape index (κ3) is 2.60. The first-order chi connectivity index (χ1) is 7.45. The summed E-state index contributed by atoms with van der Waals surface area (Å²) in [6.07, 6.45) is 0. The van der Waals surface area contributed by atoms with Crippen LogP contribution in [0.3, 0.4) is 0 Å². The maximum Gasteiger partial charge on any atom is 0.325 e. The lowest BCUT2D eigenvalue weighted by atomic mass is 10.1. The number of carboxylic acids is 1. The lowest BCUT2D eigenvalue weighted by Gasteiger charge is -2.15. The Hall–Kier alpha value is -1.82. The lowest BCUT2D eigenvalue weighted by molar-refractivity contribution is -0.138. The molecule has 88 valence electrons. The third-order valence-electron chi connectivity index (χ3n) is 2.10. The van der Waals surface area contributed by atoms with Gasteiger partial charge in [-0.3, -0.25) is 4.79 Å². The summed E-state index contributed by atoms with van der Waals surface area (Å²) in [5.41, 5.74) is 5.99. The minimum absolute atomic E-state index is 0.345. The number of methoxy groups -OCH3 is 1. The van der Waals surface area contributed by atoms with Crippen LogP contribution in [0.25, 0.3) is 0 Å². The molecule has 1 aromatic rings. The van der Waals surface area contributed by atoms with Crippen molar-refractivity contribution >= 4 is 11.8 Å². The van der Waals surface area contributed by atoms with Gasteiger partial charge in [0, 0.05) is 20.2 Å². The van der Waals surface area contributed by atoms with Crippen LogP contribution in [0.15, 0.2) is 12.1 Å². The van der Waals surface area contributed by atoms with E-state index in [4.69, 9.17) is 15.6 Å². The largest absolute Gasteiger partial charge is 0.481 e. The van der Waals surface area contributed by atoms with Crippen molar-refractivity contribution < 1.29 is 14.6 Å². The van der Waals surface area contributed by atoms with Crippen LogP contribution in [-0.2, 0) is 4.79 Å². The molecule has 1 heterocycles. The normalized spacial score (nSPS) is 12.0. The van der Waals surface area contributed by atoms with Crippen molar-refractivity contribution in [3.8, 4) is 5.88 Å². The van der Waals surface area contributed by atoms with Gasteiger partial charge in [-0.2, -0.15) is 4.98 Å². The molecule has 0 aliphatic carbocycles. The van der Waals surface area contributed by atoms with Crippen LogP contribution in [0.1, 0.15) is 11.6 Å². The highest BCUT2D eigenvalue weighted by Gasteiger charge is 2.17. The van der Waals surface area contributed by atoms with Crippen LogP contribution in [0.5, 0.6) is 5.88 Å². The molecule has 0 aliphatic heterocycles. The number of rotatable bonds is 4. The molecule has 0 radical (unpaired) electrons. The Labute approximate surface area is 93.6 Å². The van der Waals surface area contributed by atoms with E-state index >= 15 is 0 Å². The molecule has 6 heteroatoms. The molecule has 1 rings (SSSR count). The molecule has 0 saturated carbocycles. The van der Waals surface area contributed by atoms with Crippen molar-refractivity contribution in [3.63, 3.8) is 0 Å². The lowest BCUT2D eigenvalue weighted by Crippen LogP contribution is -2.21. The van der Waals surface area contributed by atoms with Gasteiger partial charge in [-0.15, -0.1) is 0 Å². The second kappa shape index (κ2) is 4.80. The van der Waals surface area contributed by atoms with Gasteiger partial charge in [0.2, 0.25) is 5.88 Å². The second-order valence-electron chi connectivity index (χ2n) is 3.51. The number of aliphatic carboxylic acids is 1. The summed E-state index contributed by atoms with van der Waals surface area (Å²) in [6, 6.07) is 2.07. The first-order valence-electron chi connectivity index (χ1n) is 4.67. The van der Waals surface area contributed by atoms with Gasteiger partial charge in [-0.05, 0) is 11.6 Å². The maximum atomic E-state index is 10.8. The highest BCUT2D eigenvalue weighted by molar-refractivity contribution is 5.75. The van der Waals surface area contributed by atoms with Crippen LogP contribution < -0.4 is 15.4 Å². The van der Waals surface area contributed by atoms with Crippen LogP contribution in [0.2, 0.25) is 0 Å². The highest BCUT2D eigenvalue weighted by Crippen LogP contribution is 2.21. The van der Waals surface area contributed by atoms with E-state index in [1.807, 2.05) is 0 Å². The molecule has 1 aromatic heterocycles. The van der Waals surface area contributed by atoms with Crippen molar-refractivity contribution in [2.24, 2.45) is 5.73 Å². The van der Waals surface area contributed by atoms with Gasteiger partial charge < -0.3 is 20.5 Å². The van der Waals surface area contributed by atoms with E-state index in [1.54, 1.807) is 25.1 Å². The number of ether oxygens (including phenoxy) is 1. The molecule has 16 heavy (non-hydrogen) atoms. The molecule has 0 saturated heterocycles. The zero-order chi connectivity index (χ0) is 12.3. The molecular formula is C10H15N3O3. The number of carbonyl (C=O) groups is 1. The number of aromatic nitrogens is 1. The van der Waals surface area contributed by atoms with E-state index in [1.165, 1.54) is 13.2 Å². The number of hydrogen-bond acceptors (Lipinski definition) is 5. The van der Waals surface area contributed by atoms with Crippen molar-refractivity contribution in [1.29, 1.82) is 0 Å². The summed E-state index contributed by atoms with van der Waals surface area (Å²) >= 11 is 0. The van der Waals surface area contributed by atoms with Gasteiger partial charge >= 0.3 is 5.97 Å². The van der Waals surface area contributed by atoms with Crippen LogP contribution in [0.4, 0.5) is 5.82 Å². The maximum absolute atomic E-state index is 10.8. The molecule has 6 nitrogen and oxygen atoms in total. The second-order valence-corrected chi connectivity index (χ2v) is 3.51. The van der Waals surface area contributed by atoms with E-state index in [0.29, 0.717) is 17.3 Å². The van der Waals surface area contributed by atoms with Gasteiger partial charge in [0.1, 0.15) is 11.9 Å². The Bertz CT molecular complexity index is 393.